The van der Waals surface area contributed by atoms with Gasteiger partial charge in [-0.1, -0.05) is 12.1 Å². The Labute approximate surface area is 219 Å². The van der Waals surface area contributed by atoms with Gasteiger partial charge in [0.05, 0.1) is 5.69 Å². The molecule has 0 unspecified atom stereocenters. The van der Waals surface area contributed by atoms with Gasteiger partial charge in [0.1, 0.15) is 5.65 Å². The summed E-state index contributed by atoms with van der Waals surface area (Å²) in [5, 5.41) is 6.47. The van der Waals surface area contributed by atoms with Crippen LogP contribution in [0.2, 0.25) is 0 Å². The molecule has 4 heterocycles. The van der Waals surface area contributed by atoms with E-state index in [2.05, 4.69) is 32.7 Å². The van der Waals surface area contributed by atoms with E-state index in [1.165, 1.54) is 23.3 Å². The number of piperidine rings is 1. The highest BCUT2D eigenvalue weighted by Crippen LogP contribution is 2.31. The summed E-state index contributed by atoms with van der Waals surface area (Å²) >= 11 is 1.60. The summed E-state index contributed by atoms with van der Waals surface area (Å²) < 4.78 is 1.93. The quantitative estimate of drug-likeness (QED) is 0.392. The fourth-order valence-corrected chi connectivity index (χ4v) is 6.37. The minimum atomic E-state index is -0.244. The number of carbonyl (C=O) groups excluding carboxylic acids is 2. The van der Waals surface area contributed by atoms with Crippen molar-refractivity contribution in [1.29, 1.82) is 0 Å². The number of hydrogen-bond acceptors (Lipinski definition) is 5. The van der Waals surface area contributed by atoms with Crippen LogP contribution < -0.4 is 10.6 Å². The second kappa shape index (κ2) is 10.3. The SMILES string of the molecule is O=C(NCc1ccn2ccnc2c1)Nc1ccc(C2CCN(C(=O)c3nc4c(s3)CCCC4)CC2)cc1. The van der Waals surface area contributed by atoms with E-state index in [4.69, 9.17) is 0 Å². The zero-order valence-electron chi connectivity index (χ0n) is 20.7. The van der Waals surface area contributed by atoms with Gasteiger partial charge >= 0.3 is 6.03 Å². The van der Waals surface area contributed by atoms with E-state index in [0.29, 0.717) is 17.5 Å². The van der Waals surface area contributed by atoms with Crippen LogP contribution in [-0.2, 0) is 19.4 Å². The number of hydrogen-bond donors (Lipinski definition) is 2. The molecule has 0 saturated carbocycles. The standard InChI is InChI=1S/C28H30N6O2S/c35-27(26-32-23-3-1-2-4-24(23)37-26)34-14-10-21(11-15-34)20-5-7-22(8-6-20)31-28(36)30-18-19-9-13-33-16-12-29-25(33)17-19/h5-9,12-13,16-17,21H,1-4,10-11,14-15,18H2,(H2,30,31,36). The van der Waals surface area contributed by atoms with Crippen LogP contribution in [0.15, 0.2) is 55.0 Å². The zero-order chi connectivity index (χ0) is 25.2. The molecule has 1 aliphatic carbocycles. The van der Waals surface area contributed by atoms with E-state index in [9.17, 15) is 9.59 Å². The number of nitrogens with zero attached hydrogens (tertiary/aromatic N) is 4. The topological polar surface area (TPSA) is 91.6 Å². The summed E-state index contributed by atoms with van der Waals surface area (Å²) in [5.41, 5.74) is 4.99. The molecule has 3 amide bonds. The average Bonchev–Trinajstić information content (AvgIpc) is 3.59. The Balaban J connectivity index is 0.987. The van der Waals surface area contributed by atoms with Gasteiger partial charge in [0.15, 0.2) is 5.01 Å². The Morgan fingerprint density at radius 2 is 1.84 bits per heavy atom. The van der Waals surface area contributed by atoms with Crippen molar-refractivity contribution >= 4 is 34.6 Å². The van der Waals surface area contributed by atoms with Gasteiger partial charge < -0.3 is 19.9 Å². The number of amides is 3. The van der Waals surface area contributed by atoms with Crippen molar-refractivity contribution in [3.8, 4) is 0 Å². The first-order valence-corrected chi connectivity index (χ1v) is 13.8. The molecule has 2 aliphatic rings. The molecule has 0 bridgehead atoms. The number of likely N-dealkylation sites (tertiary alicyclic amines) is 1. The van der Waals surface area contributed by atoms with Gasteiger partial charge in [-0.2, -0.15) is 0 Å². The van der Waals surface area contributed by atoms with Crippen LogP contribution in [0.5, 0.6) is 0 Å². The number of carbonyl (C=O) groups is 2. The smallest absolute Gasteiger partial charge is 0.319 e. The largest absolute Gasteiger partial charge is 0.337 e. The van der Waals surface area contributed by atoms with Crippen molar-refractivity contribution < 1.29 is 9.59 Å². The van der Waals surface area contributed by atoms with Crippen molar-refractivity contribution in [2.24, 2.45) is 0 Å². The van der Waals surface area contributed by atoms with Gasteiger partial charge in [0.25, 0.3) is 5.91 Å². The molecule has 1 aromatic carbocycles. The molecular weight excluding hydrogens is 484 g/mol. The van der Waals surface area contributed by atoms with Crippen LogP contribution in [-0.4, -0.2) is 44.3 Å². The fourth-order valence-electron chi connectivity index (χ4n) is 5.25. The van der Waals surface area contributed by atoms with Gasteiger partial charge in [0, 0.05) is 48.8 Å². The maximum absolute atomic E-state index is 13.0. The van der Waals surface area contributed by atoms with Crippen molar-refractivity contribution in [2.45, 2.75) is 51.0 Å². The van der Waals surface area contributed by atoms with E-state index < -0.39 is 0 Å². The minimum absolute atomic E-state index is 0.0908. The van der Waals surface area contributed by atoms with E-state index in [-0.39, 0.29) is 11.9 Å². The Kier molecular flexibility index (Phi) is 6.61. The number of thiazole rings is 1. The van der Waals surface area contributed by atoms with Gasteiger partial charge in [0.2, 0.25) is 0 Å². The monoisotopic (exact) mass is 514 g/mol. The van der Waals surface area contributed by atoms with Crippen molar-refractivity contribution in [1.82, 2.24) is 24.6 Å². The highest BCUT2D eigenvalue weighted by molar-refractivity contribution is 7.13. The van der Waals surface area contributed by atoms with Gasteiger partial charge in [-0.15, -0.1) is 11.3 Å². The highest BCUT2D eigenvalue weighted by atomic mass is 32.1. The lowest BCUT2D eigenvalue weighted by Crippen LogP contribution is -2.37. The number of benzene rings is 1. The number of nitrogens with one attached hydrogen (secondary N) is 2. The predicted molar refractivity (Wildman–Crippen MR) is 144 cm³/mol. The van der Waals surface area contributed by atoms with E-state index in [1.807, 2.05) is 46.0 Å². The predicted octanol–water partition coefficient (Wildman–Crippen LogP) is 5.01. The molecule has 0 radical (unpaired) electrons. The maximum Gasteiger partial charge on any atom is 0.319 e. The molecular formula is C28H30N6O2S. The second-order valence-corrected chi connectivity index (χ2v) is 10.9. The minimum Gasteiger partial charge on any atom is -0.337 e. The second-order valence-electron chi connectivity index (χ2n) is 9.82. The van der Waals surface area contributed by atoms with Gasteiger partial charge in [-0.05, 0) is 79.8 Å². The molecule has 0 spiro atoms. The third kappa shape index (κ3) is 5.22. The van der Waals surface area contributed by atoms with Crippen LogP contribution in [0.4, 0.5) is 10.5 Å². The number of aryl methyl sites for hydroxylation is 2. The molecule has 6 rings (SSSR count). The number of imidazole rings is 1. The molecule has 0 atom stereocenters. The lowest BCUT2D eigenvalue weighted by molar-refractivity contribution is 0.0712. The Bertz CT molecular complexity index is 1390. The van der Waals surface area contributed by atoms with Crippen molar-refractivity contribution in [3.63, 3.8) is 0 Å². The molecule has 1 saturated heterocycles. The summed E-state index contributed by atoms with van der Waals surface area (Å²) in [6, 6.07) is 11.7. The molecule has 37 heavy (non-hydrogen) atoms. The lowest BCUT2D eigenvalue weighted by Gasteiger charge is -2.31. The van der Waals surface area contributed by atoms with Crippen LogP contribution in [0, 0.1) is 0 Å². The van der Waals surface area contributed by atoms with E-state index >= 15 is 0 Å². The molecule has 1 fully saturated rings. The average molecular weight is 515 g/mol. The molecule has 1 aliphatic heterocycles. The third-order valence-electron chi connectivity index (χ3n) is 7.37. The Morgan fingerprint density at radius 1 is 1.03 bits per heavy atom. The number of anilines is 1. The molecule has 2 N–H and O–H groups in total. The molecule has 8 nitrogen and oxygen atoms in total. The van der Waals surface area contributed by atoms with Crippen LogP contribution in [0.1, 0.15) is 63.1 Å². The zero-order valence-corrected chi connectivity index (χ0v) is 21.5. The summed E-state index contributed by atoms with van der Waals surface area (Å²) in [6.45, 7) is 1.93. The molecule has 3 aromatic heterocycles. The maximum atomic E-state index is 13.0. The number of pyridine rings is 1. The number of fused-ring (bicyclic) bond motifs is 2. The number of rotatable bonds is 5. The summed E-state index contributed by atoms with van der Waals surface area (Å²) in [5.74, 6) is 0.502. The molecule has 9 heteroatoms. The molecule has 4 aromatic rings. The van der Waals surface area contributed by atoms with Crippen LogP contribution >= 0.6 is 11.3 Å². The highest BCUT2D eigenvalue weighted by Gasteiger charge is 2.27. The van der Waals surface area contributed by atoms with E-state index in [0.717, 1.165) is 61.4 Å². The summed E-state index contributed by atoms with van der Waals surface area (Å²) in [6.07, 6.45) is 11.9. The van der Waals surface area contributed by atoms with Crippen molar-refractivity contribution in [3.05, 3.63) is 81.7 Å². The number of urea groups is 1. The third-order valence-corrected chi connectivity index (χ3v) is 8.51. The van der Waals surface area contributed by atoms with Gasteiger partial charge in [-0.25, -0.2) is 14.8 Å². The number of aromatic nitrogens is 3. The summed E-state index contributed by atoms with van der Waals surface area (Å²) in [4.78, 5) is 37.6. The first-order chi connectivity index (χ1) is 18.1. The lowest BCUT2D eigenvalue weighted by atomic mass is 9.89. The fraction of sp³-hybridized carbons (Fsp3) is 0.357. The van der Waals surface area contributed by atoms with E-state index in [1.54, 1.807) is 17.5 Å². The Morgan fingerprint density at radius 3 is 2.65 bits per heavy atom. The van der Waals surface area contributed by atoms with Crippen LogP contribution in [0.25, 0.3) is 5.65 Å². The summed E-state index contributed by atoms with van der Waals surface area (Å²) in [7, 11) is 0. The Hall–Kier alpha value is -3.72. The molecule has 190 valence electrons. The van der Waals surface area contributed by atoms with Gasteiger partial charge in [-0.3, -0.25) is 4.79 Å². The normalized spacial score (nSPS) is 15.9. The first-order valence-electron chi connectivity index (χ1n) is 13.0. The first kappa shape index (κ1) is 23.7. The van der Waals surface area contributed by atoms with Crippen LogP contribution in [0.3, 0.4) is 0 Å². The van der Waals surface area contributed by atoms with Crippen molar-refractivity contribution in [2.75, 3.05) is 18.4 Å².